The van der Waals surface area contributed by atoms with E-state index >= 15 is 0 Å². The summed E-state index contributed by atoms with van der Waals surface area (Å²) in [6.45, 7) is 4.17. The van der Waals surface area contributed by atoms with Crippen molar-refractivity contribution in [1.82, 2.24) is 20.2 Å². The molecule has 1 fully saturated rings. The number of carbonyl (C=O) groups is 3. The van der Waals surface area contributed by atoms with Crippen LogP contribution in [0, 0.1) is 0 Å². The lowest BCUT2D eigenvalue weighted by Gasteiger charge is -2.19. The molecule has 8 nitrogen and oxygen atoms in total. The molecule has 8 heteroatoms. The monoisotopic (exact) mass is 459 g/mol. The first-order valence-corrected chi connectivity index (χ1v) is 11.4. The Morgan fingerprint density at radius 2 is 1.76 bits per heavy atom. The highest BCUT2D eigenvalue weighted by Crippen LogP contribution is 2.25. The van der Waals surface area contributed by atoms with Gasteiger partial charge in [0.1, 0.15) is 17.9 Å². The van der Waals surface area contributed by atoms with Crippen molar-refractivity contribution in [3.63, 3.8) is 0 Å². The molecule has 4 amide bonds. The summed E-state index contributed by atoms with van der Waals surface area (Å²) in [5.41, 5.74) is 2.56. The second-order valence-electron chi connectivity index (χ2n) is 8.77. The fourth-order valence-electron chi connectivity index (χ4n) is 4.09. The van der Waals surface area contributed by atoms with E-state index in [2.05, 4.69) is 29.5 Å². The maximum Gasteiger partial charge on any atom is 0.329 e. The minimum atomic E-state index is -0.744. The Labute approximate surface area is 199 Å². The first-order valence-electron chi connectivity index (χ1n) is 11.4. The quantitative estimate of drug-likeness (QED) is 0.503. The number of urea groups is 1. The average molecular weight is 460 g/mol. The standard InChI is InChI=1S/C26H29N5O3/c1-17(2)18-9-11-20(12-10-18)31-25(33)21(28-26(31)34)13-14-22(32)29-23(19-7-5-4-6-8-19)24-27-15-16-30(24)3/h4-12,15-17,21,23H,13-14H2,1-3H3,(H,28,34)(H,29,32)/t21-,23-/m0/s1. The maximum absolute atomic E-state index is 12.9. The van der Waals surface area contributed by atoms with Crippen molar-refractivity contribution in [3.8, 4) is 0 Å². The molecule has 4 rings (SSSR count). The molecule has 2 atom stereocenters. The van der Waals surface area contributed by atoms with Gasteiger partial charge in [-0.1, -0.05) is 56.3 Å². The summed E-state index contributed by atoms with van der Waals surface area (Å²) < 4.78 is 1.86. The molecular formula is C26H29N5O3. The predicted octanol–water partition coefficient (Wildman–Crippen LogP) is 3.65. The minimum absolute atomic E-state index is 0.0879. The number of anilines is 1. The van der Waals surface area contributed by atoms with Crippen LogP contribution in [0.3, 0.4) is 0 Å². The first-order chi connectivity index (χ1) is 16.3. The lowest BCUT2D eigenvalue weighted by molar-refractivity contribution is -0.122. The number of rotatable bonds is 8. The molecule has 1 saturated heterocycles. The Hall–Kier alpha value is -3.94. The fourth-order valence-corrected chi connectivity index (χ4v) is 4.09. The van der Waals surface area contributed by atoms with Gasteiger partial charge < -0.3 is 15.2 Å². The highest BCUT2D eigenvalue weighted by Gasteiger charge is 2.39. The van der Waals surface area contributed by atoms with Crippen molar-refractivity contribution in [2.45, 2.75) is 44.7 Å². The zero-order chi connectivity index (χ0) is 24.2. The van der Waals surface area contributed by atoms with Gasteiger partial charge in [0.2, 0.25) is 5.91 Å². The predicted molar refractivity (Wildman–Crippen MR) is 129 cm³/mol. The van der Waals surface area contributed by atoms with Crippen LogP contribution in [0.4, 0.5) is 10.5 Å². The second-order valence-corrected chi connectivity index (χ2v) is 8.77. The molecule has 1 aliphatic heterocycles. The van der Waals surface area contributed by atoms with E-state index < -0.39 is 18.1 Å². The van der Waals surface area contributed by atoms with Crippen LogP contribution in [0.15, 0.2) is 67.0 Å². The number of imidazole rings is 1. The van der Waals surface area contributed by atoms with E-state index in [-0.39, 0.29) is 24.7 Å². The van der Waals surface area contributed by atoms with Crippen molar-refractivity contribution < 1.29 is 14.4 Å². The summed E-state index contributed by atoms with van der Waals surface area (Å²) >= 11 is 0. The number of hydrogen-bond donors (Lipinski definition) is 2. The lowest BCUT2D eigenvalue weighted by Crippen LogP contribution is -2.34. The van der Waals surface area contributed by atoms with Crippen molar-refractivity contribution >= 4 is 23.5 Å². The number of aromatic nitrogens is 2. The Balaban J connectivity index is 1.41. The third kappa shape index (κ3) is 4.85. The van der Waals surface area contributed by atoms with Gasteiger partial charge in [-0.15, -0.1) is 0 Å². The van der Waals surface area contributed by atoms with Crippen molar-refractivity contribution in [2.75, 3.05) is 4.90 Å². The van der Waals surface area contributed by atoms with Crippen LogP contribution in [0.1, 0.15) is 55.6 Å². The van der Waals surface area contributed by atoms with Gasteiger partial charge in [-0.25, -0.2) is 14.7 Å². The lowest BCUT2D eigenvalue weighted by atomic mass is 10.0. The highest BCUT2D eigenvalue weighted by atomic mass is 16.2. The SMILES string of the molecule is CC(C)c1ccc(N2C(=O)N[C@@H](CCC(=O)N[C@@H](c3ccccc3)c3nccn3C)C2=O)cc1. The van der Waals surface area contributed by atoms with Crippen LogP contribution in [-0.2, 0) is 16.6 Å². The molecular weight excluding hydrogens is 430 g/mol. The van der Waals surface area contributed by atoms with E-state index in [1.165, 1.54) is 0 Å². The number of imide groups is 1. The zero-order valence-corrected chi connectivity index (χ0v) is 19.6. The van der Waals surface area contributed by atoms with E-state index in [1.807, 2.05) is 60.3 Å². The third-order valence-corrected chi connectivity index (χ3v) is 6.05. The molecule has 1 aromatic heterocycles. The Kier molecular flexibility index (Phi) is 6.77. The maximum atomic E-state index is 12.9. The van der Waals surface area contributed by atoms with Crippen LogP contribution >= 0.6 is 0 Å². The van der Waals surface area contributed by atoms with E-state index in [1.54, 1.807) is 18.3 Å². The number of aryl methyl sites for hydroxylation is 1. The summed E-state index contributed by atoms with van der Waals surface area (Å²) in [7, 11) is 1.87. The number of carbonyl (C=O) groups excluding carboxylic acids is 3. The number of hydrogen-bond acceptors (Lipinski definition) is 4. The van der Waals surface area contributed by atoms with Crippen molar-refractivity contribution in [3.05, 3.63) is 83.9 Å². The molecule has 0 radical (unpaired) electrons. The molecule has 2 heterocycles. The summed E-state index contributed by atoms with van der Waals surface area (Å²) in [6, 6.07) is 15.4. The fraction of sp³-hybridized carbons (Fsp3) is 0.308. The number of benzene rings is 2. The highest BCUT2D eigenvalue weighted by molar-refractivity contribution is 6.21. The molecule has 0 saturated carbocycles. The molecule has 0 bridgehead atoms. The van der Waals surface area contributed by atoms with Crippen molar-refractivity contribution in [2.24, 2.45) is 7.05 Å². The van der Waals surface area contributed by atoms with Crippen LogP contribution in [0.5, 0.6) is 0 Å². The number of nitrogens with zero attached hydrogens (tertiary/aromatic N) is 3. The molecule has 176 valence electrons. The van der Waals surface area contributed by atoms with Gasteiger partial charge in [-0.2, -0.15) is 0 Å². The van der Waals surface area contributed by atoms with Gasteiger partial charge >= 0.3 is 6.03 Å². The normalized spacial score (nSPS) is 16.6. The molecule has 0 spiro atoms. The van der Waals surface area contributed by atoms with Crippen LogP contribution in [0.2, 0.25) is 0 Å². The van der Waals surface area contributed by atoms with Crippen LogP contribution < -0.4 is 15.5 Å². The molecule has 2 aromatic carbocycles. The Bertz CT molecular complexity index is 1170. The smallest absolute Gasteiger partial charge is 0.329 e. The molecule has 2 N–H and O–H groups in total. The second kappa shape index (κ2) is 9.91. The Morgan fingerprint density at radius 1 is 1.06 bits per heavy atom. The average Bonchev–Trinajstić information content (AvgIpc) is 3.38. The van der Waals surface area contributed by atoms with Crippen molar-refractivity contribution in [1.29, 1.82) is 0 Å². The Morgan fingerprint density at radius 3 is 2.38 bits per heavy atom. The first kappa shape index (κ1) is 23.2. The van der Waals surface area contributed by atoms with Gasteiger partial charge in [0, 0.05) is 25.9 Å². The van der Waals surface area contributed by atoms with Gasteiger partial charge in [0.15, 0.2) is 0 Å². The largest absolute Gasteiger partial charge is 0.342 e. The summed E-state index contributed by atoms with van der Waals surface area (Å²) in [6.07, 6.45) is 3.81. The number of amides is 4. The zero-order valence-electron chi connectivity index (χ0n) is 19.6. The van der Waals surface area contributed by atoms with Crippen LogP contribution in [0.25, 0.3) is 0 Å². The van der Waals surface area contributed by atoms with Crippen LogP contribution in [-0.4, -0.2) is 33.4 Å². The summed E-state index contributed by atoms with van der Waals surface area (Å²) in [5.74, 6) is 0.493. The van der Waals surface area contributed by atoms with E-state index in [9.17, 15) is 14.4 Å². The van der Waals surface area contributed by atoms with Gasteiger partial charge in [-0.05, 0) is 35.6 Å². The van der Waals surface area contributed by atoms with E-state index in [0.29, 0.717) is 17.4 Å². The molecule has 3 aromatic rings. The van der Waals surface area contributed by atoms with E-state index in [0.717, 1.165) is 16.0 Å². The summed E-state index contributed by atoms with van der Waals surface area (Å²) in [4.78, 5) is 43.8. The number of nitrogens with one attached hydrogen (secondary N) is 2. The minimum Gasteiger partial charge on any atom is -0.342 e. The molecule has 0 unspecified atom stereocenters. The third-order valence-electron chi connectivity index (χ3n) is 6.05. The molecule has 1 aliphatic rings. The molecule has 0 aliphatic carbocycles. The molecule has 34 heavy (non-hydrogen) atoms. The van der Waals surface area contributed by atoms with E-state index in [4.69, 9.17) is 0 Å². The van der Waals surface area contributed by atoms with Gasteiger partial charge in [0.25, 0.3) is 5.91 Å². The van der Waals surface area contributed by atoms with Gasteiger partial charge in [-0.3, -0.25) is 9.59 Å². The topological polar surface area (TPSA) is 96.3 Å². The summed E-state index contributed by atoms with van der Waals surface area (Å²) in [5, 5.41) is 5.73. The van der Waals surface area contributed by atoms with Gasteiger partial charge in [0.05, 0.1) is 5.69 Å².